The molecule has 2 aromatic carbocycles. The number of hydrogen-bond acceptors (Lipinski definition) is 3. The lowest BCUT2D eigenvalue weighted by Crippen LogP contribution is -2.01. The molecule has 0 aliphatic rings. The summed E-state index contributed by atoms with van der Waals surface area (Å²) in [4.78, 5) is 12.6. The number of unbranched alkanes of at least 4 members (excludes halogenated alkanes) is 9. The van der Waals surface area contributed by atoms with Gasteiger partial charge in [-0.1, -0.05) is 76.8 Å². The van der Waals surface area contributed by atoms with Crippen molar-refractivity contribution >= 4 is 31.5 Å². The van der Waals surface area contributed by atoms with E-state index in [0.717, 1.165) is 38.9 Å². The van der Waals surface area contributed by atoms with Crippen LogP contribution in [-0.2, 0) is 0 Å². The van der Waals surface area contributed by atoms with Crippen molar-refractivity contribution < 1.29 is 4.74 Å². The van der Waals surface area contributed by atoms with Crippen LogP contribution in [0.5, 0.6) is 5.75 Å². The summed E-state index contributed by atoms with van der Waals surface area (Å²) in [5.41, 5.74) is 0.116. The van der Waals surface area contributed by atoms with Crippen LogP contribution in [0.15, 0.2) is 47.3 Å². The lowest BCUT2D eigenvalue weighted by Gasteiger charge is -2.08. The number of fused-ring (bicyclic) bond motifs is 2. The Morgan fingerprint density at radius 2 is 1.39 bits per heavy atom. The third kappa shape index (κ3) is 5.81. The van der Waals surface area contributed by atoms with Gasteiger partial charge in [-0.2, -0.15) is 0 Å². The van der Waals surface area contributed by atoms with Crippen LogP contribution in [0.2, 0.25) is 0 Å². The fourth-order valence-electron chi connectivity index (χ4n) is 3.65. The molecule has 0 radical (unpaired) electrons. The Bertz CT molecular complexity index is 929. The lowest BCUT2D eigenvalue weighted by atomic mass is 10.1. The first-order valence-corrected chi connectivity index (χ1v) is 11.7. The SMILES string of the molecule is CCCCCCCCCCCCOc1ccc2c(=O)c3ccccc3sc2c1. The topological polar surface area (TPSA) is 26.3 Å². The Kier molecular flexibility index (Phi) is 8.35. The molecule has 0 amide bonds. The van der Waals surface area contributed by atoms with Crippen molar-refractivity contribution in [2.45, 2.75) is 71.1 Å². The highest BCUT2D eigenvalue weighted by Gasteiger charge is 2.06. The molecule has 0 saturated heterocycles. The summed E-state index contributed by atoms with van der Waals surface area (Å²) in [6.07, 6.45) is 13.3. The Hall–Kier alpha value is -1.87. The average Bonchev–Trinajstić information content (AvgIpc) is 2.72. The predicted octanol–water partition coefficient (Wildman–Crippen LogP) is 7.71. The van der Waals surface area contributed by atoms with Gasteiger partial charge in [-0.3, -0.25) is 4.79 Å². The molecule has 0 unspecified atom stereocenters. The summed E-state index contributed by atoms with van der Waals surface area (Å²) in [5, 5.41) is 1.59. The molecular formula is C25H32O2S. The van der Waals surface area contributed by atoms with Gasteiger partial charge in [-0.05, 0) is 36.8 Å². The molecule has 0 bridgehead atoms. The first kappa shape index (κ1) is 20.9. The highest BCUT2D eigenvalue weighted by Crippen LogP contribution is 2.27. The molecule has 3 aromatic rings. The first-order chi connectivity index (χ1) is 13.8. The monoisotopic (exact) mass is 396 g/mol. The van der Waals surface area contributed by atoms with Crippen LogP contribution in [0.25, 0.3) is 20.2 Å². The molecule has 28 heavy (non-hydrogen) atoms. The van der Waals surface area contributed by atoms with Crippen LogP contribution < -0.4 is 10.2 Å². The Labute approximate surface area is 172 Å². The van der Waals surface area contributed by atoms with Gasteiger partial charge >= 0.3 is 0 Å². The van der Waals surface area contributed by atoms with Crippen molar-refractivity contribution in [1.82, 2.24) is 0 Å². The third-order valence-corrected chi connectivity index (χ3v) is 6.45. The lowest BCUT2D eigenvalue weighted by molar-refractivity contribution is 0.304. The van der Waals surface area contributed by atoms with Crippen LogP contribution in [0.3, 0.4) is 0 Å². The van der Waals surface area contributed by atoms with E-state index in [1.165, 1.54) is 57.8 Å². The fourth-order valence-corrected chi connectivity index (χ4v) is 4.75. The molecule has 0 aliphatic heterocycles. The zero-order chi connectivity index (χ0) is 19.6. The first-order valence-electron chi connectivity index (χ1n) is 10.9. The van der Waals surface area contributed by atoms with E-state index in [9.17, 15) is 4.79 Å². The highest BCUT2D eigenvalue weighted by molar-refractivity contribution is 7.24. The second-order valence-electron chi connectivity index (χ2n) is 7.62. The Balaban J connectivity index is 1.42. The van der Waals surface area contributed by atoms with Crippen molar-refractivity contribution in [2.75, 3.05) is 6.61 Å². The maximum absolute atomic E-state index is 12.6. The molecular weight excluding hydrogens is 364 g/mol. The minimum atomic E-state index is 0.116. The third-order valence-electron chi connectivity index (χ3n) is 5.32. The van der Waals surface area contributed by atoms with Gasteiger partial charge in [0.1, 0.15) is 5.75 Å². The molecule has 3 heteroatoms. The summed E-state index contributed by atoms with van der Waals surface area (Å²) in [6.45, 7) is 3.02. The maximum atomic E-state index is 12.6. The fraction of sp³-hybridized carbons (Fsp3) is 0.480. The number of ether oxygens (including phenoxy) is 1. The molecule has 150 valence electrons. The van der Waals surface area contributed by atoms with Gasteiger partial charge < -0.3 is 4.74 Å². The standard InChI is InChI=1S/C25H32O2S/c1-2-3-4-5-6-7-8-9-10-13-18-27-20-16-17-22-24(19-20)28-23-15-12-11-14-21(23)25(22)26/h11-12,14-17,19H,2-10,13,18H2,1H3. The van der Waals surface area contributed by atoms with Gasteiger partial charge in [0.05, 0.1) is 6.61 Å². The van der Waals surface area contributed by atoms with Crippen LogP contribution in [0, 0.1) is 0 Å². The van der Waals surface area contributed by atoms with Gasteiger partial charge in [0, 0.05) is 20.2 Å². The normalized spacial score (nSPS) is 11.3. The molecule has 0 atom stereocenters. The van der Waals surface area contributed by atoms with Crippen LogP contribution in [0.4, 0.5) is 0 Å². The largest absolute Gasteiger partial charge is 0.494 e. The molecule has 2 nitrogen and oxygen atoms in total. The van der Waals surface area contributed by atoms with Crippen LogP contribution >= 0.6 is 11.3 Å². The van der Waals surface area contributed by atoms with Gasteiger partial charge in [0.2, 0.25) is 0 Å². The van der Waals surface area contributed by atoms with E-state index in [0.29, 0.717) is 0 Å². The highest BCUT2D eigenvalue weighted by atomic mass is 32.1. The van der Waals surface area contributed by atoms with E-state index in [2.05, 4.69) is 6.92 Å². The number of rotatable bonds is 12. The van der Waals surface area contributed by atoms with E-state index >= 15 is 0 Å². The van der Waals surface area contributed by atoms with E-state index in [1.54, 1.807) is 11.3 Å². The van der Waals surface area contributed by atoms with Crippen molar-refractivity contribution in [3.05, 3.63) is 52.7 Å². The van der Waals surface area contributed by atoms with Crippen molar-refractivity contribution in [3.63, 3.8) is 0 Å². The van der Waals surface area contributed by atoms with Gasteiger partial charge in [0.15, 0.2) is 5.43 Å². The second kappa shape index (κ2) is 11.2. The summed E-state index contributed by atoms with van der Waals surface area (Å²) in [7, 11) is 0. The molecule has 1 aromatic heterocycles. The summed E-state index contributed by atoms with van der Waals surface area (Å²) in [5.74, 6) is 0.870. The summed E-state index contributed by atoms with van der Waals surface area (Å²) >= 11 is 1.66. The predicted molar refractivity (Wildman–Crippen MR) is 123 cm³/mol. The summed E-state index contributed by atoms with van der Waals surface area (Å²) in [6, 6.07) is 13.7. The maximum Gasteiger partial charge on any atom is 0.195 e. The molecule has 0 spiro atoms. The second-order valence-corrected chi connectivity index (χ2v) is 8.70. The molecule has 0 fully saturated rings. The zero-order valence-electron chi connectivity index (χ0n) is 17.0. The van der Waals surface area contributed by atoms with Gasteiger partial charge in [0.25, 0.3) is 0 Å². The number of hydrogen-bond donors (Lipinski definition) is 0. The molecule has 0 aliphatic carbocycles. The van der Waals surface area contributed by atoms with Crippen molar-refractivity contribution in [3.8, 4) is 5.75 Å². The molecule has 1 heterocycles. The van der Waals surface area contributed by atoms with E-state index < -0.39 is 0 Å². The minimum Gasteiger partial charge on any atom is -0.494 e. The average molecular weight is 397 g/mol. The van der Waals surface area contributed by atoms with Gasteiger partial charge in [-0.15, -0.1) is 11.3 Å². The van der Waals surface area contributed by atoms with E-state index in [-0.39, 0.29) is 5.43 Å². The van der Waals surface area contributed by atoms with E-state index in [4.69, 9.17) is 4.74 Å². The quantitative estimate of drug-likeness (QED) is 0.231. The van der Waals surface area contributed by atoms with Crippen LogP contribution in [-0.4, -0.2) is 6.61 Å². The van der Waals surface area contributed by atoms with E-state index in [1.807, 2.05) is 42.5 Å². The smallest absolute Gasteiger partial charge is 0.195 e. The zero-order valence-corrected chi connectivity index (χ0v) is 17.9. The molecule has 0 N–H and O–H groups in total. The molecule has 3 rings (SSSR count). The summed E-state index contributed by atoms with van der Waals surface area (Å²) < 4.78 is 7.98. The molecule has 0 saturated carbocycles. The Morgan fingerprint density at radius 1 is 0.750 bits per heavy atom. The minimum absolute atomic E-state index is 0.116. The van der Waals surface area contributed by atoms with Crippen molar-refractivity contribution in [2.24, 2.45) is 0 Å². The van der Waals surface area contributed by atoms with Crippen LogP contribution in [0.1, 0.15) is 71.1 Å². The van der Waals surface area contributed by atoms with Crippen molar-refractivity contribution in [1.29, 1.82) is 0 Å². The Morgan fingerprint density at radius 3 is 2.14 bits per heavy atom. The number of benzene rings is 2. The van der Waals surface area contributed by atoms with Gasteiger partial charge in [-0.25, -0.2) is 0 Å².